The Kier molecular flexibility index (Phi) is 5.46. The zero-order chi connectivity index (χ0) is 18.6. The van der Waals surface area contributed by atoms with E-state index in [0.717, 1.165) is 0 Å². The molecule has 0 aliphatic heterocycles. The molecule has 26 heavy (non-hydrogen) atoms. The van der Waals surface area contributed by atoms with E-state index in [4.69, 9.17) is 0 Å². The van der Waals surface area contributed by atoms with E-state index in [9.17, 15) is 9.90 Å². The second kappa shape index (κ2) is 7.61. The van der Waals surface area contributed by atoms with Crippen LogP contribution in [-0.2, 0) is 4.79 Å². The Bertz CT molecular complexity index is 756. The van der Waals surface area contributed by atoms with Crippen molar-refractivity contribution in [2.24, 2.45) is 0 Å². The van der Waals surface area contributed by atoms with Crippen LogP contribution in [0.1, 0.15) is 13.8 Å². The molecule has 3 aromatic rings. The van der Waals surface area contributed by atoms with Crippen molar-refractivity contribution >= 4 is 32.4 Å². The van der Waals surface area contributed by atoms with Crippen molar-refractivity contribution in [3.8, 4) is 0 Å². The van der Waals surface area contributed by atoms with Gasteiger partial charge in [-0.05, 0) is 0 Å². The molecule has 0 amide bonds. The first-order valence-electron chi connectivity index (χ1n) is 8.75. The van der Waals surface area contributed by atoms with E-state index in [0.29, 0.717) is 5.21 Å². The predicted octanol–water partition coefficient (Wildman–Crippen LogP) is 2.50. The molecule has 2 nitrogen and oxygen atoms in total. The van der Waals surface area contributed by atoms with Gasteiger partial charge in [-0.15, -0.1) is 0 Å². The summed E-state index contributed by atoms with van der Waals surface area (Å²) in [6.07, 6.45) is 0. The van der Waals surface area contributed by atoms with Crippen LogP contribution in [0, 0.1) is 0 Å². The van der Waals surface area contributed by atoms with Crippen LogP contribution in [-0.4, -0.2) is 30.0 Å². The Hall–Kier alpha value is -2.15. The molecule has 0 heterocycles. The molecule has 3 aromatic carbocycles. The molecule has 3 rings (SSSR count). The van der Waals surface area contributed by atoms with Gasteiger partial charge in [0.05, 0.1) is 0 Å². The zero-order valence-corrected chi connectivity index (χ0v) is 17.0. The summed E-state index contributed by atoms with van der Waals surface area (Å²) < 4.78 is 3.63. The molecule has 0 radical (unpaired) electrons. The number of aliphatic hydroxyl groups is 1. The fourth-order valence-electron chi connectivity index (χ4n) is 3.18. The molecule has 0 aromatic heterocycles. The van der Waals surface area contributed by atoms with Crippen molar-refractivity contribution < 1.29 is 9.90 Å². The van der Waals surface area contributed by atoms with Crippen LogP contribution in [0.25, 0.3) is 0 Å². The van der Waals surface area contributed by atoms with Crippen LogP contribution in [0.2, 0.25) is 5.21 Å². The van der Waals surface area contributed by atoms with Gasteiger partial charge in [-0.25, -0.2) is 0 Å². The second-order valence-corrected chi connectivity index (χ2v) is 14.3. The molecule has 3 heteroatoms. The molecule has 0 aliphatic rings. The number of hydrogen-bond acceptors (Lipinski definition) is 2. The van der Waals surface area contributed by atoms with Crippen LogP contribution in [0.5, 0.6) is 0 Å². The Morgan fingerprint density at radius 2 is 1.04 bits per heavy atom. The Morgan fingerprint density at radius 1 is 0.731 bits per heavy atom. The van der Waals surface area contributed by atoms with Gasteiger partial charge in [0.15, 0.2) is 0 Å². The third-order valence-electron chi connectivity index (χ3n) is 4.65. The van der Waals surface area contributed by atoms with Gasteiger partial charge in [-0.2, -0.15) is 0 Å². The quantitative estimate of drug-likeness (QED) is 0.638. The van der Waals surface area contributed by atoms with Crippen LogP contribution < -0.4 is 13.1 Å². The maximum absolute atomic E-state index is 13.0. The molecular weight excluding hydrogens is 383 g/mol. The number of ketones is 1. The third kappa shape index (κ3) is 3.67. The minimum atomic E-state index is -3.07. The topological polar surface area (TPSA) is 37.3 Å². The Morgan fingerprint density at radius 3 is 1.31 bits per heavy atom. The van der Waals surface area contributed by atoms with Crippen molar-refractivity contribution in [1.29, 1.82) is 0 Å². The van der Waals surface area contributed by atoms with Gasteiger partial charge in [0.1, 0.15) is 0 Å². The summed E-state index contributed by atoms with van der Waals surface area (Å²) in [6.45, 7) is 3.17. The molecule has 0 saturated carbocycles. The number of carbonyl (C=O) groups excluding carboxylic acids is 1. The fourth-order valence-corrected chi connectivity index (χ4v) is 12.2. The summed E-state index contributed by atoms with van der Waals surface area (Å²) in [5.41, 5.74) is -1.34. The first-order chi connectivity index (χ1) is 12.4. The zero-order valence-electron chi connectivity index (χ0n) is 15.2. The van der Waals surface area contributed by atoms with Gasteiger partial charge in [0.2, 0.25) is 0 Å². The number of benzene rings is 3. The van der Waals surface area contributed by atoms with E-state index < -0.39 is 19.2 Å². The SMILES string of the molecule is CC(C)(O)C(=O)C[As+](c1ccccc1)(c1ccccc1)c1ccccc1. The van der Waals surface area contributed by atoms with Crippen LogP contribution in [0.15, 0.2) is 91.0 Å². The van der Waals surface area contributed by atoms with Crippen LogP contribution >= 0.6 is 0 Å². The van der Waals surface area contributed by atoms with E-state index in [1.807, 2.05) is 54.6 Å². The summed E-state index contributed by atoms with van der Waals surface area (Å²) in [5.74, 6) is -0.110. The van der Waals surface area contributed by atoms with Crippen molar-refractivity contribution in [1.82, 2.24) is 0 Å². The van der Waals surface area contributed by atoms with Crippen molar-refractivity contribution in [3.63, 3.8) is 0 Å². The second-order valence-electron chi connectivity index (χ2n) is 6.96. The maximum atomic E-state index is 13.0. The van der Waals surface area contributed by atoms with Gasteiger partial charge in [-0.3, -0.25) is 0 Å². The molecule has 0 bridgehead atoms. The molecule has 0 spiro atoms. The summed E-state index contributed by atoms with van der Waals surface area (Å²) in [7, 11) is 0. The van der Waals surface area contributed by atoms with Crippen molar-refractivity contribution in [3.05, 3.63) is 91.0 Å². The van der Waals surface area contributed by atoms with E-state index in [1.165, 1.54) is 13.1 Å². The third-order valence-corrected chi connectivity index (χ3v) is 13.7. The monoisotopic (exact) mass is 407 g/mol. The minimum absolute atomic E-state index is 0.110. The van der Waals surface area contributed by atoms with Crippen LogP contribution in [0.4, 0.5) is 0 Å². The summed E-state index contributed by atoms with van der Waals surface area (Å²) in [5, 5.41) is 10.7. The molecule has 0 unspecified atom stereocenters. The molecule has 0 saturated heterocycles. The molecule has 132 valence electrons. The van der Waals surface area contributed by atoms with E-state index >= 15 is 0 Å². The Labute approximate surface area is 158 Å². The van der Waals surface area contributed by atoms with Gasteiger partial charge < -0.3 is 0 Å². The van der Waals surface area contributed by atoms with E-state index in [1.54, 1.807) is 13.8 Å². The number of carbonyl (C=O) groups is 1. The summed E-state index contributed by atoms with van der Waals surface area (Å²) in [4.78, 5) is 13.0. The average Bonchev–Trinajstić information content (AvgIpc) is 2.67. The number of rotatable bonds is 6. The molecule has 1 N–H and O–H groups in total. The summed E-state index contributed by atoms with van der Waals surface area (Å²) >= 11 is -3.07. The predicted molar refractivity (Wildman–Crippen MR) is 110 cm³/mol. The van der Waals surface area contributed by atoms with Crippen molar-refractivity contribution in [2.75, 3.05) is 0 Å². The van der Waals surface area contributed by atoms with Gasteiger partial charge in [0.25, 0.3) is 0 Å². The Balaban J connectivity index is 2.30. The van der Waals surface area contributed by atoms with E-state index in [2.05, 4.69) is 36.4 Å². The summed E-state index contributed by atoms with van der Waals surface area (Å²) in [6, 6.07) is 31.0. The fraction of sp³-hybridized carbons (Fsp3) is 0.174. The van der Waals surface area contributed by atoms with Gasteiger partial charge in [0, 0.05) is 0 Å². The van der Waals surface area contributed by atoms with Gasteiger partial charge in [-0.1, -0.05) is 0 Å². The molecule has 0 aliphatic carbocycles. The number of hydrogen-bond donors (Lipinski definition) is 1. The average molecular weight is 407 g/mol. The standard InChI is InChI=1S/C23H24AsO2/c1-23(2,26)22(25)18-24(19-12-6-3-7-13-19,20-14-8-4-9-15-20)21-16-10-5-11-17-21/h3-17,26H,18H2,1-2H3/q+1. The number of Topliss-reactive ketones (excluding diaryl/α,β-unsaturated/α-hetero) is 1. The van der Waals surface area contributed by atoms with E-state index in [-0.39, 0.29) is 5.78 Å². The van der Waals surface area contributed by atoms with Gasteiger partial charge >= 0.3 is 158 Å². The molecule has 0 fully saturated rings. The molecule has 0 atom stereocenters. The van der Waals surface area contributed by atoms with Crippen LogP contribution in [0.3, 0.4) is 0 Å². The van der Waals surface area contributed by atoms with Crippen molar-refractivity contribution in [2.45, 2.75) is 24.7 Å². The molecular formula is C23H24AsO2+. The first-order valence-corrected chi connectivity index (χ1v) is 12.9. The normalized spacial score (nSPS) is 12.0. The first kappa shape index (κ1) is 18.6.